The van der Waals surface area contributed by atoms with Crippen LogP contribution >= 0.6 is 0 Å². The standard InChI is InChI=1S/C16H22N2O2/c1-4-10-20-14-9-7-8-13(11-14)15(19)18-16(5-2,6-3)12-17/h7-9,11H,4-6,10H2,1-3H3,(H,18,19). The molecule has 1 rings (SSSR count). The van der Waals surface area contributed by atoms with Gasteiger partial charge in [0.15, 0.2) is 0 Å². The normalized spacial score (nSPS) is 10.7. The zero-order chi connectivity index (χ0) is 15.0. The molecule has 0 atom stereocenters. The third-order valence-corrected chi connectivity index (χ3v) is 3.34. The van der Waals surface area contributed by atoms with Crippen LogP contribution in [0.5, 0.6) is 5.75 Å². The van der Waals surface area contributed by atoms with E-state index in [1.807, 2.05) is 26.8 Å². The molecule has 1 amide bonds. The molecule has 0 saturated carbocycles. The smallest absolute Gasteiger partial charge is 0.252 e. The summed E-state index contributed by atoms with van der Waals surface area (Å²) in [5.41, 5.74) is -0.280. The third kappa shape index (κ3) is 3.99. The predicted molar refractivity (Wildman–Crippen MR) is 78.6 cm³/mol. The average molecular weight is 274 g/mol. The maximum Gasteiger partial charge on any atom is 0.252 e. The number of nitrogens with one attached hydrogen (secondary N) is 1. The largest absolute Gasteiger partial charge is 0.494 e. The van der Waals surface area contributed by atoms with Gasteiger partial charge in [-0.1, -0.05) is 26.8 Å². The van der Waals surface area contributed by atoms with Crippen LogP contribution < -0.4 is 10.1 Å². The van der Waals surface area contributed by atoms with Crippen LogP contribution in [-0.4, -0.2) is 18.1 Å². The lowest BCUT2D eigenvalue weighted by Gasteiger charge is -2.25. The summed E-state index contributed by atoms with van der Waals surface area (Å²) in [6.07, 6.45) is 2.08. The van der Waals surface area contributed by atoms with Crippen LogP contribution in [-0.2, 0) is 0 Å². The lowest BCUT2D eigenvalue weighted by molar-refractivity contribution is 0.0915. The van der Waals surface area contributed by atoms with Crippen molar-refractivity contribution in [3.63, 3.8) is 0 Å². The fourth-order valence-electron chi connectivity index (χ4n) is 1.85. The summed E-state index contributed by atoms with van der Waals surface area (Å²) < 4.78 is 5.51. The first kappa shape index (κ1) is 16.0. The Balaban J connectivity index is 2.84. The molecule has 0 aromatic heterocycles. The van der Waals surface area contributed by atoms with Crippen molar-refractivity contribution in [2.24, 2.45) is 0 Å². The van der Waals surface area contributed by atoms with Crippen LogP contribution in [0.25, 0.3) is 0 Å². The van der Waals surface area contributed by atoms with Gasteiger partial charge >= 0.3 is 0 Å². The molecule has 0 aliphatic heterocycles. The molecular weight excluding hydrogens is 252 g/mol. The first-order valence-electron chi connectivity index (χ1n) is 7.07. The first-order valence-corrected chi connectivity index (χ1v) is 7.07. The number of hydrogen-bond donors (Lipinski definition) is 1. The maximum absolute atomic E-state index is 12.2. The number of carbonyl (C=O) groups is 1. The van der Waals surface area contributed by atoms with E-state index in [9.17, 15) is 10.1 Å². The highest BCUT2D eigenvalue weighted by atomic mass is 16.5. The van der Waals surface area contributed by atoms with Gasteiger partial charge in [-0.3, -0.25) is 4.79 Å². The van der Waals surface area contributed by atoms with E-state index in [-0.39, 0.29) is 5.91 Å². The Morgan fingerprint density at radius 2 is 2.05 bits per heavy atom. The second-order valence-corrected chi connectivity index (χ2v) is 4.73. The number of amides is 1. The molecule has 1 aromatic carbocycles. The van der Waals surface area contributed by atoms with Crippen LogP contribution in [0.3, 0.4) is 0 Å². The van der Waals surface area contributed by atoms with Crippen LogP contribution in [0.4, 0.5) is 0 Å². The van der Waals surface area contributed by atoms with Gasteiger partial charge < -0.3 is 10.1 Å². The fourth-order valence-corrected chi connectivity index (χ4v) is 1.85. The van der Waals surface area contributed by atoms with Gasteiger partial charge in [-0.05, 0) is 37.5 Å². The van der Waals surface area contributed by atoms with Crippen molar-refractivity contribution in [3.05, 3.63) is 29.8 Å². The lowest BCUT2D eigenvalue weighted by Crippen LogP contribution is -2.46. The Labute approximate surface area is 120 Å². The van der Waals surface area contributed by atoms with Gasteiger partial charge in [0.25, 0.3) is 5.91 Å². The summed E-state index contributed by atoms with van der Waals surface area (Å²) in [4.78, 5) is 12.2. The van der Waals surface area contributed by atoms with Gasteiger partial charge in [0.1, 0.15) is 11.3 Å². The summed E-state index contributed by atoms with van der Waals surface area (Å²) in [5, 5.41) is 12.1. The summed E-state index contributed by atoms with van der Waals surface area (Å²) in [5.74, 6) is 0.437. The van der Waals surface area contributed by atoms with E-state index in [4.69, 9.17) is 4.74 Å². The van der Waals surface area contributed by atoms with Crippen molar-refractivity contribution in [2.45, 2.75) is 45.6 Å². The molecule has 0 spiro atoms. The number of nitriles is 1. The van der Waals surface area contributed by atoms with Crippen LogP contribution in [0.1, 0.15) is 50.4 Å². The van der Waals surface area contributed by atoms with Crippen LogP contribution in [0, 0.1) is 11.3 Å². The molecule has 0 aliphatic carbocycles. The van der Waals surface area contributed by atoms with Gasteiger partial charge in [-0.15, -0.1) is 0 Å². The molecule has 1 aromatic rings. The highest BCUT2D eigenvalue weighted by Gasteiger charge is 2.28. The zero-order valence-corrected chi connectivity index (χ0v) is 12.4. The van der Waals surface area contributed by atoms with E-state index in [0.29, 0.717) is 30.8 Å². The molecule has 0 unspecified atom stereocenters. The third-order valence-electron chi connectivity index (χ3n) is 3.34. The SMILES string of the molecule is CCCOc1cccc(C(=O)NC(C#N)(CC)CC)c1. The topological polar surface area (TPSA) is 62.1 Å². The van der Waals surface area contributed by atoms with Crippen LogP contribution in [0.2, 0.25) is 0 Å². The Hall–Kier alpha value is -2.02. The van der Waals surface area contributed by atoms with Crippen molar-refractivity contribution in [1.29, 1.82) is 5.26 Å². The lowest BCUT2D eigenvalue weighted by atomic mass is 9.94. The molecule has 108 valence electrons. The van der Waals surface area contributed by atoms with E-state index in [1.165, 1.54) is 0 Å². The van der Waals surface area contributed by atoms with Crippen molar-refractivity contribution in [2.75, 3.05) is 6.61 Å². The van der Waals surface area contributed by atoms with Gasteiger partial charge in [0, 0.05) is 5.56 Å². The highest BCUT2D eigenvalue weighted by Crippen LogP contribution is 2.17. The maximum atomic E-state index is 12.2. The summed E-state index contributed by atoms with van der Waals surface area (Å²) in [6, 6.07) is 9.24. The number of hydrogen-bond acceptors (Lipinski definition) is 3. The molecule has 0 bridgehead atoms. The summed E-state index contributed by atoms with van der Waals surface area (Å²) >= 11 is 0. The molecule has 4 nitrogen and oxygen atoms in total. The molecule has 0 aliphatic rings. The Kier molecular flexibility index (Phi) is 6.05. The van der Waals surface area contributed by atoms with E-state index in [0.717, 1.165) is 6.42 Å². The number of carbonyl (C=O) groups excluding carboxylic acids is 1. The van der Waals surface area contributed by atoms with Crippen LogP contribution in [0.15, 0.2) is 24.3 Å². The summed E-state index contributed by atoms with van der Waals surface area (Å²) in [6.45, 7) is 6.44. The van der Waals surface area contributed by atoms with E-state index < -0.39 is 5.54 Å². The van der Waals surface area contributed by atoms with E-state index in [2.05, 4.69) is 11.4 Å². The molecule has 0 saturated heterocycles. The number of ether oxygens (including phenoxy) is 1. The highest BCUT2D eigenvalue weighted by molar-refractivity contribution is 5.95. The molecule has 4 heteroatoms. The minimum absolute atomic E-state index is 0.239. The molecule has 0 radical (unpaired) electrons. The Morgan fingerprint density at radius 3 is 2.60 bits per heavy atom. The average Bonchev–Trinajstić information content (AvgIpc) is 2.51. The zero-order valence-electron chi connectivity index (χ0n) is 12.4. The number of rotatable bonds is 7. The monoisotopic (exact) mass is 274 g/mol. The minimum atomic E-state index is -0.794. The predicted octanol–water partition coefficient (Wildman–Crippen LogP) is 3.29. The molecular formula is C16H22N2O2. The Bertz CT molecular complexity index is 487. The molecule has 0 fully saturated rings. The van der Waals surface area contributed by atoms with Crippen molar-refractivity contribution >= 4 is 5.91 Å². The molecule has 20 heavy (non-hydrogen) atoms. The first-order chi connectivity index (χ1) is 9.60. The second-order valence-electron chi connectivity index (χ2n) is 4.73. The van der Waals surface area contributed by atoms with E-state index >= 15 is 0 Å². The number of nitrogens with zero attached hydrogens (tertiary/aromatic N) is 1. The van der Waals surface area contributed by atoms with Gasteiger partial charge in [-0.2, -0.15) is 5.26 Å². The minimum Gasteiger partial charge on any atom is -0.494 e. The summed E-state index contributed by atoms with van der Waals surface area (Å²) in [7, 11) is 0. The fraction of sp³-hybridized carbons (Fsp3) is 0.500. The van der Waals surface area contributed by atoms with Gasteiger partial charge in [-0.25, -0.2) is 0 Å². The second kappa shape index (κ2) is 7.54. The van der Waals surface area contributed by atoms with E-state index in [1.54, 1.807) is 18.2 Å². The quantitative estimate of drug-likeness (QED) is 0.830. The Morgan fingerprint density at radius 1 is 1.35 bits per heavy atom. The van der Waals surface area contributed by atoms with Crippen molar-refractivity contribution in [3.8, 4) is 11.8 Å². The molecule has 1 N–H and O–H groups in total. The van der Waals surface area contributed by atoms with Crippen molar-refractivity contribution < 1.29 is 9.53 Å². The van der Waals surface area contributed by atoms with Gasteiger partial charge in [0.05, 0.1) is 12.7 Å². The van der Waals surface area contributed by atoms with Gasteiger partial charge in [0.2, 0.25) is 0 Å². The molecule has 0 heterocycles. The van der Waals surface area contributed by atoms with Crippen molar-refractivity contribution in [1.82, 2.24) is 5.32 Å². The number of benzene rings is 1.